The zero-order valence-corrected chi connectivity index (χ0v) is 21.9. The molecule has 1 fully saturated rings. The molecule has 0 bridgehead atoms. The standard InChI is InChI=1S/C29H29N3O7/c1-4-39-28(35)20-10-12-21(13-11-20)30-26(33)17-25-27(34)32(22-6-5-7-24(16-22)38-3)29(36)31(25)18-19-8-14-23(37-2)15-9-19/h5-16,25H,4,17-18H2,1-3H3,(H,30,33)/t25-/m0/s1. The van der Waals surface area contributed by atoms with E-state index in [1.54, 1.807) is 86.8 Å². The van der Waals surface area contributed by atoms with Crippen molar-refractivity contribution >= 4 is 35.2 Å². The molecule has 4 amide bonds. The van der Waals surface area contributed by atoms with E-state index < -0.39 is 29.9 Å². The minimum atomic E-state index is -1.04. The molecule has 1 heterocycles. The molecule has 0 spiro atoms. The molecule has 0 aromatic heterocycles. The maximum atomic E-state index is 13.6. The van der Waals surface area contributed by atoms with E-state index in [1.807, 2.05) is 0 Å². The van der Waals surface area contributed by atoms with Crippen LogP contribution in [0.1, 0.15) is 29.3 Å². The van der Waals surface area contributed by atoms with E-state index in [9.17, 15) is 19.2 Å². The van der Waals surface area contributed by atoms with Gasteiger partial charge >= 0.3 is 12.0 Å². The first-order valence-corrected chi connectivity index (χ1v) is 12.3. The van der Waals surface area contributed by atoms with Crippen molar-refractivity contribution in [1.29, 1.82) is 0 Å². The van der Waals surface area contributed by atoms with Gasteiger partial charge in [0.2, 0.25) is 5.91 Å². The van der Waals surface area contributed by atoms with Crippen LogP contribution in [0.25, 0.3) is 0 Å². The third-order valence-corrected chi connectivity index (χ3v) is 6.20. The number of imide groups is 1. The van der Waals surface area contributed by atoms with Crippen LogP contribution >= 0.6 is 0 Å². The Morgan fingerprint density at radius 3 is 2.23 bits per heavy atom. The summed E-state index contributed by atoms with van der Waals surface area (Å²) in [6.07, 6.45) is -0.263. The smallest absolute Gasteiger partial charge is 0.338 e. The number of benzene rings is 3. The zero-order chi connectivity index (χ0) is 27.9. The summed E-state index contributed by atoms with van der Waals surface area (Å²) in [6.45, 7) is 2.08. The van der Waals surface area contributed by atoms with Gasteiger partial charge in [-0.25, -0.2) is 14.5 Å². The molecule has 1 saturated heterocycles. The summed E-state index contributed by atoms with van der Waals surface area (Å²) in [5, 5.41) is 2.74. The number of esters is 1. The van der Waals surface area contributed by atoms with Crippen LogP contribution in [0, 0.1) is 0 Å². The van der Waals surface area contributed by atoms with Crippen molar-refractivity contribution in [2.24, 2.45) is 0 Å². The number of ether oxygens (including phenoxy) is 3. The average Bonchev–Trinajstić information content (AvgIpc) is 3.17. The highest BCUT2D eigenvalue weighted by molar-refractivity contribution is 6.22. The highest BCUT2D eigenvalue weighted by Gasteiger charge is 2.46. The molecule has 0 unspecified atom stereocenters. The Bertz CT molecular complexity index is 1360. The second-order valence-electron chi connectivity index (χ2n) is 8.70. The minimum absolute atomic E-state index is 0.112. The van der Waals surface area contributed by atoms with Crippen LogP contribution in [0.5, 0.6) is 11.5 Å². The van der Waals surface area contributed by atoms with Gasteiger partial charge < -0.3 is 24.4 Å². The van der Waals surface area contributed by atoms with Crippen molar-refractivity contribution in [2.75, 3.05) is 31.0 Å². The normalized spacial score (nSPS) is 14.8. The lowest BCUT2D eigenvalue weighted by Gasteiger charge is -2.22. The van der Waals surface area contributed by atoms with E-state index in [0.717, 1.165) is 10.5 Å². The van der Waals surface area contributed by atoms with Gasteiger partial charge in [-0.1, -0.05) is 18.2 Å². The molecule has 0 aliphatic carbocycles. The van der Waals surface area contributed by atoms with E-state index in [0.29, 0.717) is 28.4 Å². The van der Waals surface area contributed by atoms with E-state index in [1.165, 1.54) is 12.0 Å². The lowest BCUT2D eigenvalue weighted by Crippen LogP contribution is -2.37. The van der Waals surface area contributed by atoms with Crippen molar-refractivity contribution < 1.29 is 33.4 Å². The van der Waals surface area contributed by atoms with Crippen LogP contribution < -0.4 is 19.7 Å². The Kier molecular flexibility index (Phi) is 8.45. The van der Waals surface area contributed by atoms with Gasteiger partial charge in [0.25, 0.3) is 5.91 Å². The first-order valence-electron chi connectivity index (χ1n) is 12.3. The van der Waals surface area contributed by atoms with Crippen LogP contribution in [0.3, 0.4) is 0 Å². The van der Waals surface area contributed by atoms with Gasteiger partial charge in [0.15, 0.2) is 0 Å². The van der Waals surface area contributed by atoms with Crippen LogP contribution in [0.2, 0.25) is 0 Å². The molecular weight excluding hydrogens is 502 g/mol. The largest absolute Gasteiger partial charge is 0.497 e. The third-order valence-electron chi connectivity index (χ3n) is 6.20. The molecule has 3 aromatic rings. The van der Waals surface area contributed by atoms with Crippen LogP contribution in [-0.2, 0) is 20.9 Å². The Hall–Kier alpha value is -4.86. The van der Waals surface area contributed by atoms with Crippen molar-refractivity contribution in [3.63, 3.8) is 0 Å². The number of amides is 4. The Morgan fingerprint density at radius 2 is 1.59 bits per heavy atom. The van der Waals surface area contributed by atoms with Gasteiger partial charge in [-0.15, -0.1) is 0 Å². The molecule has 10 heteroatoms. The molecule has 10 nitrogen and oxygen atoms in total. The number of nitrogens with one attached hydrogen (secondary N) is 1. The molecule has 0 radical (unpaired) electrons. The summed E-state index contributed by atoms with van der Waals surface area (Å²) < 4.78 is 15.4. The fourth-order valence-corrected chi connectivity index (χ4v) is 4.22. The number of hydrogen-bond donors (Lipinski definition) is 1. The molecule has 1 aliphatic heterocycles. The Labute approximate surface area is 226 Å². The predicted octanol–water partition coefficient (Wildman–Crippen LogP) is 4.25. The molecule has 4 rings (SSSR count). The van der Waals surface area contributed by atoms with E-state index in [2.05, 4.69) is 5.32 Å². The lowest BCUT2D eigenvalue weighted by molar-refractivity contribution is -0.124. The van der Waals surface area contributed by atoms with Gasteiger partial charge in [0.1, 0.15) is 17.5 Å². The average molecular weight is 532 g/mol. The SMILES string of the molecule is CCOC(=O)c1ccc(NC(=O)C[C@H]2C(=O)N(c3cccc(OC)c3)C(=O)N2Cc2ccc(OC)cc2)cc1. The van der Waals surface area contributed by atoms with Crippen molar-refractivity contribution in [1.82, 2.24) is 4.90 Å². The summed E-state index contributed by atoms with van der Waals surface area (Å²) in [6, 6.07) is 18.4. The van der Waals surface area contributed by atoms with Crippen LogP contribution in [0.4, 0.5) is 16.2 Å². The first kappa shape index (κ1) is 27.2. The topological polar surface area (TPSA) is 114 Å². The number of rotatable bonds is 10. The Morgan fingerprint density at radius 1 is 0.897 bits per heavy atom. The first-order chi connectivity index (χ1) is 18.8. The molecule has 202 valence electrons. The van der Waals surface area contributed by atoms with Crippen molar-refractivity contribution in [3.05, 3.63) is 83.9 Å². The van der Waals surface area contributed by atoms with Crippen molar-refractivity contribution in [3.8, 4) is 11.5 Å². The fraction of sp³-hybridized carbons (Fsp3) is 0.241. The quantitative estimate of drug-likeness (QED) is 0.307. The molecule has 0 saturated carbocycles. The van der Waals surface area contributed by atoms with Gasteiger partial charge in [-0.2, -0.15) is 0 Å². The molecule has 3 aromatic carbocycles. The number of hydrogen-bond acceptors (Lipinski definition) is 7. The third kappa shape index (κ3) is 6.18. The number of nitrogens with zero attached hydrogens (tertiary/aromatic N) is 2. The number of urea groups is 1. The lowest BCUT2D eigenvalue weighted by atomic mass is 10.1. The number of carbonyl (C=O) groups excluding carboxylic acids is 4. The maximum absolute atomic E-state index is 13.6. The minimum Gasteiger partial charge on any atom is -0.497 e. The Balaban J connectivity index is 1.56. The zero-order valence-electron chi connectivity index (χ0n) is 21.9. The summed E-state index contributed by atoms with van der Waals surface area (Å²) in [7, 11) is 3.05. The molecule has 1 atom stereocenters. The number of methoxy groups -OCH3 is 2. The van der Waals surface area contributed by atoms with E-state index in [-0.39, 0.29) is 19.6 Å². The summed E-state index contributed by atoms with van der Waals surface area (Å²) >= 11 is 0. The highest BCUT2D eigenvalue weighted by Crippen LogP contribution is 2.31. The molecule has 39 heavy (non-hydrogen) atoms. The van der Waals surface area contributed by atoms with Crippen LogP contribution in [0.15, 0.2) is 72.8 Å². The fourth-order valence-electron chi connectivity index (χ4n) is 4.22. The highest BCUT2D eigenvalue weighted by atomic mass is 16.5. The summed E-state index contributed by atoms with van der Waals surface area (Å²) in [5.41, 5.74) is 1.91. The number of anilines is 2. The second kappa shape index (κ2) is 12.1. The molecular formula is C29H29N3O7. The number of carbonyl (C=O) groups is 4. The van der Waals surface area contributed by atoms with Gasteiger partial charge in [-0.3, -0.25) is 9.59 Å². The predicted molar refractivity (Wildman–Crippen MR) is 144 cm³/mol. The maximum Gasteiger partial charge on any atom is 0.338 e. The van der Waals surface area contributed by atoms with E-state index >= 15 is 0 Å². The molecule has 1 aliphatic rings. The van der Waals surface area contributed by atoms with E-state index in [4.69, 9.17) is 14.2 Å². The summed E-state index contributed by atoms with van der Waals surface area (Å²) in [5.74, 6) is -0.295. The summed E-state index contributed by atoms with van der Waals surface area (Å²) in [4.78, 5) is 54.4. The van der Waals surface area contributed by atoms with Crippen molar-refractivity contribution in [2.45, 2.75) is 25.9 Å². The van der Waals surface area contributed by atoms with Gasteiger partial charge in [0.05, 0.1) is 38.5 Å². The monoisotopic (exact) mass is 531 g/mol. The second-order valence-corrected chi connectivity index (χ2v) is 8.70. The van der Waals surface area contributed by atoms with Gasteiger partial charge in [-0.05, 0) is 61.0 Å². The van der Waals surface area contributed by atoms with Crippen LogP contribution in [-0.4, -0.2) is 55.6 Å². The molecule has 1 N–H and O–H groups in total. The van der Waals surface area contributed by atoms with Gasteiger partial charge in [0, 0.05) is 18.3 Å².